The van der Waals surface area contributed by atoms with E-state index < -0.39 is 13.2 Å². The van der Waals surface area contributed by atoms with E-state index in [-0.39, 0.29) is 11.2 Å². The Morgan fingerprint density at radius 1 is 1.11 bits per heavy atom. The Morgan fingerprint density at radius 3 is 2.11 bits per heavy atom. The van der Waals surface area contributed by atoms with Gasteiger partial charge in [0.1, 0.15) is 17.2 Å². The number of aryl methyl sites for hydroxylation is 1. The highest BCUT2D eigenvalue weighted by atomic mass is 31.1. The van der Waals surface area contributed by atoms with Crippen LogP contribution in [-0.2, 0) is 11.0 Å². The fourth-order valence-corrected chi connectivity index (χ4v) is 2.39. The summed E-state index contributed by atoms with van der Waals surface area (Å²) in [4.78, 5) is 25.1. The molecule has 0 aliphatic heterocycles. The summed E-state index contributed by atoms with van der Waals surface area (Å²) < 4.78 is 14.6. The van der Waals surface area contributed by atoms with Crippen molar-refractivity contribution in [3.8, 4) is 11.5 Å². The van der Waals surface area contributed by atoms with Gasteiger partial charge in [0, 0.05) is 17.7 Å². The topological polar surface area (TPSA) is 122 Å². The van der Waals surface area contributed by atoms with Crippen LogP contribution in [0.4, 0.5) is 11.4 Å². The number of benzene rings is 2. The van der Waals surface area contributed by atoms with E-state index in [1.165, 1.54) is 11.6 Å². The molecule has 0 amide bonds. The fraction of sp³-hybridized carbons (Fsp3) is 0.368. The fourth-order valence-electron chi connectivity index (χ4n) is 2.39. The average Bonchev–Trinajstić information content (AvgIpc) is 2.55. The number of nitrogens with zero attached hydrogens (tertiary/aromatic N) is 1. The molecule has 2 aromatic rings. The molecule has 0 aromatic heterocycles. The summed E-state index contributed by atoms with van der Waals surface area (Å²) in [5.41, 5.74) is 1.47. The van der Waals surface area contributed by atoms with Gasteiger partial charge in [-0.15, -0.1) is 0 Å². The van der Waals surface area contributed by atoms with Crippen LogP contribution in [-0.4, -0.2) is 20.2 Å². The molecule has 0 aliphatic rings. The molecular weight excluding hydrogens is 383 g/mol. The lowest BCUT2D eigenvalue weighted by Crippen LogP contribution is -2.26. The van der Waals surface area contributed by atoms with Gasteiger partial charge in [0.2, 0.25) is 0 Å². The van der Waals surface area contributed by atoms with E-state index >= 15 is 0 Å². The summed E-state index contributed by atoms with van der Waals surface area (Å²) in [5.74, 6) is 1.28. The molecule has 2 rings (SSSR count). The second kappa shape index (κ2) is 10.8. The Balaban J connectivity index is 0.000000892. The van der Waals surface area contributed by atoms with Crippen LogP contribution >= 0.6 is 8.25 Å². The quantitative estimate of drug-likeness (QED) is 0.351. The van der Waals surface area contributed by atoms with Crippen molar-refractivity contribution >= 4 is 19.6 Å². The molecule has 0 atom stereocenters. The number of ether oxygens (including phenoxy) is 1. The summed E-state index contributed by atoms with van der Waals surface area (Å²) >= 11 is 0. The zero-order chi connectivity index (χ0) is 21.3. The third kappa shape index (κ3) is 8.99. The molecule has 28 heavy (non-hydrogen) atoms. The van der Waals surface area contributed by atoms with Crippen LogP contribution in [0.25, 0.3) is 0 Å². The Hall–Kier alpha value is -2.41. The highest BCUT2D eigenvalue weighted by Crippen LogP contribution is 2.33. The number of anilines is 1. The zero-order valence-corrected chi connectivity index (χ0v) is 17.4. The Bertz CT molecular complexity index is 799. The molecule has 0 fully saturated rings. The summed E-state index contributed by atoms with van der Waals surface area (Å²) in [6.45, 7) is 8.01. The van der Waals surface area contributed by atoms with E-state index in [0.29, 0.717) is 17.2 Å². The van der Waals surface area contributed by atoms with Gasteiger partial charge in [0.15, 0.2) is 0 Å². The third-order valence-corrected chi connectivity index (χ3v) is 3.37. The smallest absolute Gasteiger partial charge is 0.314 e. The molecule has 0 spiro atoms. The van der Waals surface area contributed by atoms with Crippen molar-refractivity contribution in [3.05, 3.63) is 58.1 Å². The summed E-state index contributed by atoms with van der Waals surface area (Å²) in [5, 5.41) is 14.4. The van der Waals surface area contributed by atoms with Gasteiger partial charge in [-0.3, -0.25) is 14.7 Å². The van der Waals surface area contributed by atoms with Gasteiger partial charge >= 0.3 is 8.25 Å². The normalized spacial score (nSPS) is 10.8. The molecular formula is C19H27N2O6P. The van der Waals surface area contributed by atoms with E-state index in [1.54, 1.807) is 12.1 Å². The van der Waals surface area contributed by atoms with Crippen LogP contribution in [0.15, 0.2) is 42.5 Å². The molecule has 0 radical (unpaired) electrons. The second-order valence-electron chi connectivity index (χ2n) is 7.09. The highest BCUT2D eigenvalue weighted by Gasteiger charge is 2.19. The first kappa shape index (κ1) is 23.6. The summed E-state index contributed by atoms with van der Waals surface area (Å²) in [7, 11) is -3.13. The number of rotatable bonds is 6. The van der Waals surface area contributed by atoms with Crippen molar-refractivity contribution in [1.82, 2.24) is 0 Å². The molecule has 0 bridgehead atoms. The first-order chi connectivity index (χ1) is 13.0. The van der Waals surface area contributed by atoms with E-state index in [1.807, 2.05) is 45.0 Å². The predicted octanol–water partition coefficient (Wildman–Crippen LogP) is 4.91. The van der Waals surface area contributed by atoms with Gasteiger partial charge in [0.25, 0.3) is 5.69 Å². The number of nitrogens with one attached hydrogen (secondary N) is 1. The molecule has 0 saturated carbocycles. The highest BCUT2D eigenvalue weighted by molar-refractivity contribution is 7.30. The minimum Gasteiger partial charge on any atom is -0.457 e. The molecule has 2 aromatic carbocycles. The number of hydrogen-bond acceptors (Lipinski definition) is 5. The van der Waals surface area contributed by atoms with Crippen molar-refractivity contribution in [3.63, 3.8) is 0 Å². The van der Waals surface area contributed by atoms with Crippen LogP contribution in [0, 0.1) is 10.1 Å². The lowest BCUT2D eigenvalue weighted by atomic mass is 10.1. The van der Waals surface area contributed by atoms with Crippen LogP contribution in [0.2, 0.25) is 0 Å². The maximum Gasteiger partial charge on any atom is 0.314 e. The minimum atomic E-state index is -3.13. The molecule has 8 nitrogen and oxygen atoms in total. The average molecular weight is 410 g/mol. The minimum absolute atomic E-state index is 0.0376. The van der Waals surface area contributed by atoms with Crippen molar-refractivity contribution in [2.24, 2.45) is 0 Å². The molecule has 0 unspecified atom stereocenters. The SMILES string of the molecule is CCCc1ccc(Oc2ccc([N+](=O)[O-])c(NC(C)(C)C)c2)cc1.O=[PH](O)O. The van der Waals surface area contributed by atoms with Gasteiger partial charge in [-0.25, -0.2) is 0 Å². The van der Waals surface area contributed by atoms with E-state index in [9.17, 15) is 10.1 Å². The van der Waals surface area contributed by atoms with E-state index in [0.717, 1.165) is 12.8 Å². The Labute approximate surface area is 165 Å². The van der Waals surface area contributed by atoms with Crippen LogP contribution < -0.4 is 10.1 Å². The van der Waals surface area contributed by atoms with Gasteiger partial charge in [-0.05, 0) is 51.0 Å². The molecule has 9 heteroatoms. The van der Waals surface area contributed by atoms with Gasteiger partial charge in [0.05, 0.1) is 4.92 Å². The van der Waals surface area contributed by atoms with Gasteiger partial charge in [-0.1, -0.05) is 25.5 Å². The standard InChI is InChI=1S/C19H24N2O3.H3O3P/c1-5-6-14-7-9-15(10-8-14)24-16-11-12-18(21(22)23)17(13-16)20-19(2,3)4;1-4(2)3/h7-13,20H,5-6H2,1-4H3;4H,(H2,1,2,3). The first-order valence-electron chi connectivity index (χ1n) is 8.77. The van der Waals surface area contributed by atoms with Crippen molar-refractivity contribution in [2.75, 3.05) is 5.32 Å². The monoisotopic (exact) mass is 410 g/mol. The van der Waals surface area contributed by atoms with Gasteiger partial charge in [-0.2, -0.15) is 0 Å². The second-order valence-corrected chi connectivity index (χ2v) is 7.65. The molecule has 154 valence electrons. The lowest BCUT2D eigenvalue weighted by molar-refractivity contribution is -0.384. The van der Waals surface area contributed by atoms with Crippen molar-refractivity contribution < 1.29 is 24.0 Å². The third-order valence-electron chi connectivity index (χ3n) is 3.37. The molecule has 0 heterocycles. The maximum atomic E-state index is 11.2. The number of nitro benzene ring substituents is 1. The van der Waals surface area contributed by atoms with Crippen LogP contribution in [0.1, 0.15) is 39.7 Å². The Morgan fingerprint density at radius 2 is 1.64 bits per heavy atom. The molecule has 0 saturated heterocycles. The Kier molecular flexibility index (Phi) is 9.12. The largest absolute Gasteiger partial charge is 0.457 e. The van der Waals surface area contributed by atoms with E-state index in [2.05, 4.69) is 12.2 Å². The number of nitro groups is 1. The molecule has 0 aliphatic carbocycles. The molecule has 3 N–H and O–H groups in total. The van der Waals surface area contributed by atoms with Crippen molar-refractivity contribution in [1.29, 1.82) is 0 Å². The van der Waals surface area contributed by atoms with Crippen molar-refractivity contribution in [2.45, 2.75) is 46.1 Å². The zero-order valence-electron chi connectivity index (χ0n) is 16.4. The van der Waals surface area contributed by atoms with E-state index in [4.69, 9.17) is 19.1 Å². The van der Waals surface area contributed by atoms with Crippen LogP contribution in [0.3, 0.4) is 0 Å². The summed E-state index contributed by atoms with van der Waals surface area (Å²) in [6.07, 6.45) is 2.14. The van der Waals surface area contributed by atoms with Gasteiger partial charge < -0.3 is 19.8 Å². The predicted molar refractivity (Wildman–Crippen MR) is 110 cm³/mol. The number of hydrogen-bond donors (Lipinski definition) is 3. The maximum absolute atomic E-state index is 11.2. The first-order valence-corrected chi connectivity index (χ1v) is 10.1. The summed E-state index contributed by atoms with van der Waals surface area (Å²) in [6, 6.07) is 12.7. The lowest BCUT2D eigenvalue weighted by Gasteiger charge is -2.22. The van der Waals surface area contributed by atoms with Crippen LogP contribution in [0.5, 0.6) is 11.5 Å².